The maximum absolute atomic E-state index is 4.28. The molecule has 1 heterocycles. The van der Waals surface area contributed by atoms with Crippen molar-refractivity contribution in [3.63, 3.8) is 0 Å². The van der Waals surface area contributed by atoms with Crippen molar-refractivity contribution in [2.75, 3.05) is 0 Å². The molecule has 0 fully saturated rings. The number of nitrogens with zero attached hydrogens (tertiary/aromatic N) is 2. The van der Waals surface area contributed by atoms with Crippen LogP contribution in [0.3, 0.4) is 0 Å². The van der Waals surface area contributed by atoms with Crippen molar-refractivity contribution in [3.05, 3.63) is 54.2 Å². The topological polar surface area (TPSA) is 25.8 Å². The Kier molecular flexibility index (Phi) is 1.25. The summed E-state index contributed by atoms with van der Waals surface area (Å²) < 4.78 is 0. The standard InChI is InChI=1S/C11H8N2/c1-2-4-9-5-8(3-1)10-6-12-7-13-11(9)10/h1-8H/t8-/m0/s1. The first-order valence-corrected chi connectivity index (χ1v) is 4.32. The lowest BCUT2D eigenvalue weighted by atomic mass is 10.0. The van der Waals surface area contributed by atoms with Crippen LogP contribution in [0.5, 0.6) is 0 Å². The van der Waals surface area contributed by atoms with Crippen LogP contribution in [0.1, 0.15) is 17.2 Å². The molecule has 0 radical (unpaired) electrons. The molecule has 0 saturated heterocycles. The number of allylic oxidation sites excluding steroid dienone is 6. The van der Waals surface area contributed by atoms with Crippen LogP contribution in [0.15, 0.2) is 42.9 Å². The van der Waals surface area contributed by atoms with Gasteiger partial charge < -0.3 is 0 Å². The van der Waals surface area contributed by atoms with Crippen molar-refractivity contribution in [2.45, 2.75) is 5.92 Å². The molecular formula is C11H8N2. The van der Waals surface area contributed by atoms with Crippen LogP contribution in [-0.2, 0) is 0 Å². The Labute approximate surface area is 76.3 Å². The van der Waals surface area contributed by atoms with Crippen LogP contribution in [0.25, 0.3) is 5.57 Å². The molecule has 2 aliphatic carbocycles. The Hall–Kier alpha value is -1.70. The zero-order chi connectivity index (χ0) is 8.67. The molecule has 2 heteroatoms. The predicted octanol–water partition coefficient (Wildman–Crippen LogP) is 2.08. The van der Waals surface area contributed by atoms with Crippen molar-refractivity contribution < 1.29 is 0 Å². The summed E-state index contributed by atoms with van der Waals surface area (Å²) >= 11 is 0. The fraction of sp³-hybridized carbons (Fsp3) is 0.0909. The Morgan fingerprint density at radius 2 is 2.23 bits per heavy atom. The third-order valence-corrected chi connectivity index (χ3v) is 2.44. The first-order valence-electron chi connectivity index (χ1n) is 4.32. The first-order chi connectivity index (χ1) is 6.45. The summed E-state index contributed by atoms with van der Waals surface area (Å²) in [4.78, 5) is 8.32. The SMILES string of the molecule is C1=CC2=C[C@H](C=C1)c1cncnc12. The van der Waals surface area contributed by atoms with Gasteiger partial charge in [-0.15, -0.1) is 0 Å². The lowest BCUT2D eigenvalue weighted by Gasteiger charge is -2.04. The van der Waals surface area contributed by atoms with Crippen LogP contribution < -0.4 is 0 Å². The number of hydrogen-bond donors (Lipinski definition) is 0. The average molecular weight is 168 g/mol. The third kappa shape index (κ3) is 0.886. The number of hydrogen-bond acceptors (Lipinski definition) is 2. The molecule has 62 valence electrons. The van der Waals surface area contributed by atoms with Gasteiger partial charge in [-0.1, -0.05) is 30.4 Å². The summed E-state index contributed by atoms with van der Waals surface area (Å²) in [5.41, 5.74) is 3.52. The smallest absolute Gasteiger partial charge is 0.116 e. The summed E-state index contributed by atoms with van der Waals surface area (Å²) in [7, 11) is 0. The van der Waals surface area contributed by atoms with E-state index in [-0.39, 0.29) is 0 Å². The van der Waals surface area contributed by atoms with Gasteiger partial charge >= 0.3 is 0 Å². The predicted molar refractivity (Wildman–Crippen MR) is 51.0 cm³/mol. The second-order valence-corrected chi connectivity index (χ2v) is 3.22. The molecule has 0 aliphatic heterocycles. The van der Waals surface area contributed by atoms with Gasteiger partial charge in [0.05, 0.1) is 5.69 Å². The largest absolute Gasteiger partial charge is 0.244 e. The van der Waals surface area contributed by atoms with Crippen molar-refractivity contribution in [2.24, 2.45) is 0 Å². The van der Waals surface area contributed by atoms with Gasteiger partial charge in [0.2, 0.25) is 0 Å². The Morgan fingerprint density at radius 1 is 1.23 bits per heavy atom. The second kappa shape index (κ2) is 2.39. The molecule has 2 aliphatic rings. The number of rotatable bonds is 0. The number of fused-ring (bicyclic) bond motifs is 4. The summed E-state index contributed by atoms with van der Waals surface area (Å²) in [6.45, 7) is 0. The van der Waals surface area contributed by atoms with Crippen molar-refractivity contribution in [3.8, 4) is 0 Å². The van der Waals surface area contributed by atoms with E-state index in [0.717, 1.165) is 5.69 Å². The van der Waals surface area contributed by atoms with Gasteiger partial charge in [-0.2, -0.15) is 0 Å². The summed E-state index contributed by atoms with van der Waals surface area (Å²) in [5.74, 6) is 0.376. The molecule has 2 nitrogen and oxygen atoms in total. The minimum atomic E-state index is 0.376. The Balaban J connectivity index is 2.28. The maximum Gasteiger partial charge on any atom is 0.116 e. The fourth-order valence-electron chi connectivity index (χ4n) is 1.82. The van der Waals surface area contributed by atoms with Crippen LogP contribution in [0, 0.1) is 0 Å². The molecule has 1 atom stereocenters. The molecule has 0 N–H and O–H groups in total. The quantitative estimate of drug-likeness (QED) is 0.592. The minimum absolute atomic E-state index is 0.376. The first kappa shape index (κ1) is 6.78. The summed E-state index contributed by atoms with van der Waals surface area (Å²) in [6, 6.07) is 0. The minimum Gasteiger partial charge on any atom is -0.244 e. The third-order valence-electron chi connectivity index (χ3n) is 2.44. The highest BCUT2D eigenvalue weighted by molar-refractivity contribution is 5.80. The zero-order valence-electron chi connectivity index (χ0n) is 7.01. The number of aromatic nitrogens is 2. The van der Waals surface area contributed by atoms with Crippen LogP contribution in [0.4, 0.5) is 0 Å². The molecular weight excluding hydrogens is 160 g/mol. The Morgan fingerprint density at radius 3 is 3.23 bits per heavy atom. The van der Waals surface area contributed by atoms with E-state index in [0.29, 0.717) is 5.92 Å². The van der Waals surface area contributed by atoms with E-state index in [9.17, 15) is 0 Å². The monoisotopic (exact) mass is 168 g/mol. The fourth-order valence-corrected chi connectivity index (χ4v) is 1.82. The summed E-state index contributed by atoms with van der Waals surface area (Å²) in [6.07, 6.45) is 14.1. The lowest BCUT2D eigenvalue weighted by molar-refractivity contribution is 1.03. The van der Waals surface area contributed by atoms with E-state index in [2.05, 4.69) is 40.3 Å². The van der Waals surface area contributed by atoms with Gasteiger partial charge in [-0.3, -0.25) is 0 Å². The Bertz CT molecular complexity index is 441. The van der Waals surface area contributed by atoms with E-state index in [1.807, 2.05) is 6.20 Å². The van der Waals surface area contributed by atoms with Gasteiger partial charge in [0.25, 0.3) is 0 Å². The second-order valence-electron chi connectivity index (χ2n) is 3.22. The normalized spacial score (nSPS) is 22.5. The van der Waals surface area contributed by atoms with E-state index in [1.54, 1.807) is 6.33 Å². The molecule has 0 spiro atoms. The average Bonchev–Trinajstić information content (AvgIpc) is 2.35. The van der Waals surface area contributed by atoms with E-state index in [4.69, 9.17) is 0 Å². The van der Waals surface area contributed by atoms with Crippen molar-refractivity contribution in [1.82, 2.24) is 9.97 Å². The molecule has 3 rings (SSSR count). The van der Waals surface area contributed by atoms with Crippen LogP contribution in [-0.4, -0.2) is 9.97 Å². The van der Waals surface area contributed by atoms with E-state index >= 15 is 0 Å². The van der Waals surface area contributed by atoms with Crippen molar-refractivity contribution >= 4 is 5.57 Å². The van der Waals surface area contributed by atoms with E-state index < -0.39 is 0 Å². The molecule has 0 unspecified atom stereocenters. The molecule has 2 bridgehead atoms. The highest BCUT2D eigenvalue weighted by atomic mass is 14.8. The van der Waals surface area contributed by atoms with Crippen LogP contribution in [0.2, 0.25) is 0 Å². The van der Waals surface area contributed by atoms with E-state index in [1.165, 1.54) is 11.1 Å². The molecule has 0 aromatic carbocycles. The molecule has 0 amide bonds. The maximum atomic E-state index is 4.28. The lowest BCUT2D eigenvalue weighted by Crippen LogP contribution is -1.94. The van der Waals surface area contributed by atoms with Gasteiger partial charge in [0, 0.05) is 17.7 Å². The molecule has 1 aromatic heterocycles. The summed E-state index contributed by atoms with van der Waals surface area (Å²) in [5, 5.41) is 0. The van der Waals surface area contributed by atoms with Gasteiger partial charge in [0.1, 0.15) is 6.33 Å². The van der Waals surface area contributed by atoms with Gasteiger partial charge in [0.15, 0.2) is 0 Å². The van der Waals surface area contributed by atoms with Crippen LogP contribution >= 0.6 is 0 Å². The van der Waals surface area contributed by atoms with Gasteiger partial charge in [-0.25, -0.2) is 9.97 Å². The zero-order valence-corrected chi connectivity index (χ0v) is 7.01. The molecule has 0 saturated carbocycles. The molecule has 1 aromatic rings. The molecule has 13 heavy (non-hydrogen) atoms. The highest BCUT2D eigenvalue weighted by Gasteiger charge is 2.22. The van der Waals surface area contributed by atoms with Crippen molar-refractivity contribution in [1.29, 1.82) is 0 Å². The van der Waals surface area contributed by atoms with Gasteiger partial charge in [-0.05, 0) is 5.57 Å². The highest BCUT2D eigenvalue weighted by Crippen LogP contribution is 2.36.